The van der Waals surface area contributed by atoms with Gasteiger partial charge in [-0.25, -0.2) is 4.98 Å². The fourth-order valence-corrected chi connectivity index (χ4v) is 3.48. The molecule has 1 aromatic heterocycles. The van der Waals surface area contributed by atoms with E-state index in [1.54, 1.807) is 30.5 Å². The van der Waals surface area contributed by atoms with E-state index in [4.69, 9.17) is 4.74 Å². The van der Waals surface area contributed by atoms with Crippen LogP contribution in [0.2, 0.25) is 0 Å². The zero-order valence-electron chi connectivity index (χ0n) is 14.0. The number of halogens is 2. The molecule has 0 bridgehead atoms. The number of hydrogen-bond donors (Lipinski definition) is 1. The molecule has 2 aromatic carbocycles. The molecule has 3 aromatic rings. The number of methoxy groups -OCH3 is 1. The van der Waals surface area contributed by atoms with Crippen LogP contribution in [0.1, 0.15) is 18.3 Å². The van der Waals surface area contributed by atoms with Crippen molar-refractivity contribution in [2.45, 2.75) is 13.3 Å². The van der Waals surface area contributed by atoms with Crippen LogP contribution in [-0.4, -0.2) is 28.1 Å². The minimum Gasteiger partial charge on any atom is -0.504 e. The maximum atomic E-state index is 12.8. The van der Waals surface area contributed by atoms with Gasteiger partial charge in [0.15, 0.2) is 11.5 Å². The molecule has 0 aliphatic carbocycles. The van der Waals surface area contributed by atoms with Gasteiger partial charge in [-0.15, -0.1) is 0 Å². The first-order chi connectivity index (χ1) is 12.4. The number of ether oxygens (including phenoxy) is 1. The molecular weight excluding hydrogens is 513 g/mol. The predicted molar refractivity (Wildman–Crippen MR) is 113 cm³/mol. The fourth-order valence-electron chi connectivity index (χ4n) is 2.49. The lowest BCUT2D eigenvalue weighted by atomic mass is 10.2. The van der Waals surface area contributed by atoms with Crippen LogP contribution in [0.5, 0.6) is 11.5 Å². The Kier molecular flexibility index (Phi) is 5.61. The van der Waals surface area contributed by atoms with Crippen LogP contribution in [0.4, 0.5) is 0 Å². The smallest absolute Gasteiger partial charge is 0.282 e. The summed E-state index contributed by atoms with van der Waals surface area (Å²) in [4.78, 5) is 17.4. The number of rotatable bonds is 4. The molecular formula is C18H15BrIN3O3. The van der Waals surface area contributed by atoms with Crippen molar-refractivity contribution >= 4 is 55.6 Å². The highest BCUT2D eigenvalue weighted by Gasteiger charge is 2.11. The minimum atomic E-state index is -0.232. The van der Waals surface area contributed by atoms with Crippen molar-refractivity contribution in [1.29, 1.82) is 0 Å². The lowest BCUT2D eigenvalue weighted by Gasteiger charge is -2.09. The van der Waals surface area contributed by atoms with Gasteiger partial charge in [0, 0.05) is 10.9 Å². The average Bonchev–Trinajstić information content (AvgIpc) is 2.63. The quantitative estimate of drug-likeness (QED) is 0.412. The number of aromatic hydroxyl groups is 1. The zero-order chi connectivity index (χ0) is 18.8. The molecule has 0 radical (unpaired) electrons. The monoisotopic (exact) mass is 527 g/mol. The Morgan fingerprint density at radius 3 is 2.85 bits per heavy atom. The van der Waals surface area contributed by atoms with Crippen LogP contribution in [0.25, 0.3) is 10.9 Å². The van der Waals surface area contributed by atoms with Gasteiger partial charge in [-0.05, 0) is 58.5 Å². The molecule has 1 N–H and O–H groups in total. The average molecular weight is 528 g/mol. The topological polar surface area (TPSA) is 76.7 Å². The number of fused-ring (bicyclic) bond motifs is 1. The van der Waals surface area contributed by atoms with Gasteiger partial charge in [-0.1, -0.05) is 22.9 Å². The van der Waals surface area contributed by atoms with Crippen LogP contribution in [0.15, 0.2) is 44.7 Å². The highest BCUT2D eigenvalue weighted by Crippen LogP contribution is 2.31. The maximum absolute atomic E-state index is 12.8. The van der Waals surface area contributed by atoms with E-state index in [1.807, 2.05) is 35.6 Å². The lowest BCUT2D eigenvalue weighted by molar-refractivity contribution is 0.371. The molecule has 0 aliphatic heterocycles. The summed E-state index contributed by atoms with van der Waals surface area (Å²) in [6, 6.07) is 8.81. The Labute approximate surface area is 171 Å². The molecule has 134 valence electrons. The number of nitrogens with zero attached hydrogens (tertiary/aromatic N) is 3. The number of benzene rings is 2. The third-order valence-corrected chi connectivity index (χ3v) is 5.10. The molecule has 3 rings (SSSR count). The van der Waals surface area contributed by atoms with Crippen molar-refractivity contribution in [3.63, 3.8) is 0 Å². The van der Waals surface area contributed by atoms with E-state index in [0.717, 1.165) is 4.47 Å². The van der Waals surface area contributed by atoms with Crippen LogP contribution >= 0.6 is 38.5 Å². The van der Waals surface area contributed by atoms with Crippen LogP contribution in [0, 0.1) is 3.57 Å². The van der Waals surface area contributed by atoms with Crippen molar-refractivity contribution in [1.82, 2.24) is 9.66 Å². The van der Waals surface area contributed by atoms with Gasteiger partial charge in [0.05, 0.1) is 27.8 Å². The molecule has 8 heteroatoms. The van der Waals surface area contributed by atoms with Crippen molar-refractivity contribution in [3.05, 3.63) is 60.1 Å². The third kappa shape index (κ3) is 3.61. The third-order valence-electron chi connectivity index (χ3n) is 3.78. The van der Waals surface area contributed by atoms with Crippen molar-refractivity contribution < 1.29 is 9.84 Å². The second-order valence-corrected chi connectivity index (χ2v) is 7.54. The SMILES string of the molecule is CCc1nc2ccc(Br)cc2c(=O)n1N=Cc1cc(I)c(O)c(OC)c1. The molecule has 0 fully saturated rings. The Morgan fingerprint density at radius 1 is 1.38 bits per heavy atom. The van der Waals surface area contributed by atoms with Crippen molar-refractivity contribution in [3.8, 4) is 11.5 Å². The highest BCUT2D eigenvalue weighted by atomic mass is 127. The summed E-state index contributed by atoms with van der Waals surface area (Å²) in [5.74, 6) is 0.998. The summed E-state index contributed by atoms with van der Waals surface area (Å²) in [5, 5.41) is 14.8. The summed E-state index contributed by atoms with van der Waals surface area (Å²) in [5.41, 5.74) is 1.11. The number of phenols is 1. The van der Waals surface area contributed by atoms with E-state index in [-0.39, 0.29) is 11.3 Å². The molecule has 1 heterocycles. The molecule has 0 aliphatic rings. The second-order valence-electron chi connectivity index (χ2n) is 5.46. The Hall–Kier alpha value is -1.94. The highest BCUT2D eigenvalue weighted by molar-refractivity contribution is 14.1. The maximum Gasteiger partial charge on any atom is 0.282 e. The van der Waals surface area contributed by atoms with E-state index in [1.165, 1.54) is 11.8 Å². The van der Waals surface area contributed by atoms with Crippen LogP contribution in [0.3, 0.4) is 0 Å². The van der Waals surface area contributed by atoms with Gasteiger partial charge >= 0.3 is 0 Å². The Bertz CT molecular complexity index is 1080. The second kappa shape index (κ2) is 7.75. The standard InChI is InChI=1S/C18H15BrIN3O3/c1-3-16-22-14-5-4-11(19)8-12(14)18(25)23(16)21-9-10-6-13(20)17(24)15(7-10)26-2/h4-9,24H,3H2,1-2H3. The van der Waals surface area contributed by atoms with E-state index < -0.39 is 0 Å². The number of aryl methyl sites for hydroxylation is 1. The van der Waals surface area contributed by atoms with E-state index in [2.05, 4.69) is 26.0 Å². The number of phenolic OH excluding ortho intramolecular Hbond substituents is 1. The zero-order valence-corrected chi connectivity index (χ0v) is 17.8. The van der Waals surface area contributed by atoms with Crippen molar-refractivity contribution in [2.75, 3.05) is 7.11 Å². The van der Waals surface area contributed by atoms with Gasteiger partial charge in [-0.3, -0.25) is 4.79 Å². The van der Waals surface area contributed by atoms with Gasteiger partial charge in [-0.2, -0.15) is 9.78 Å². The summed E-state index contributed by atoms with van der Waals surface area (Å²) in [6.45, 7) is 1.92. The summed E-state index contributed by atoms with van der Waals surface area (Å²) in [6.07, 6.45) is 2.12. The van der Waals surface area contributed by atoms with Crippen LogP contribution < -0.4 is 10.3 Å². The molecule has 6 nitrogen and oxygen atoms in total. The minimum absolute atomic E-state index is 0.0777. The Balaban J connectivity index is 2.14. The fraction of sp³-hybridized carbons (Fsp3) is 0.167. The molecule has 26 heavy (non-hydrogen) atoms. The van der Waals surface area contributed by atoms with E-state index in [0.29, 0.717) is 38.0 Å². The number of hydrogen-bond acceptors (Lipinski definition) is 5. The van der Waals surface area contributed by atoms with Gasteiger partial charge in [0.2, 0.25) is 0 Å². The van der Waals surface area contributed by atoms with Gasteiger partial charge in [0.1, 0.15) is 5.82 Å². The van der Waals surface area contributed by atoms with Crippen LogP contribution in [-0.2, 0) is 6.42 Å². The van der Waals surface area contributed by atoms with E-state index >= 15 is 0 Å². The molecule has 0 amide bonds. The lowest BCUT2D eigenvalue weighted by Crippen LogP contribution is -2.22. The van der Waals surface area contributed by atoms with Gasteiger partial charge in [0.25, 0.3) is 5.56 Å². The van der Waals surface area contributed by atoms with Gasteiger partial charge < -0.3 is 9.84 Å². The molecule has 0 spiro atoms. The largest absolute Gasteiger partial charge is 0.504 e. The molecule has 0 saturated carbocycles. The normalized spacial score (nSPS) is 11.4. The molecule has 0 unspecified atom stereocenters. The predicted octanol–water partition coefficient (Wildman–Crippen LogP) is 3.92. The molecule has 0 saturated heterocycles. The van der Waals surface area contributed by atoms with Crippen molar-refractivity contribution in [2.24, 2.45) is 5.10 Å². The first-order valence-electron chi connectivity index (χ1n) is 7.76. The first-order valence-corrected chi connectivity index (χ1v) is 9.63. The Morgan fingerprint density at radius 2 is 2.15 bits per heavy atom. The number of aromatic nitrogens is 2. The van der Waals surface area contributed by atoms with E-state index in [9.17, 15) is 9.90 Å². The summed E-state index contributed by atoms with van der Waals surface area (Å²) < 4.78 is 7.90. The summed E-state index contributed by atoms with van der Waals surface area (Å²) in [7, 11) is 1.48. The summed E-state index contributed by atoms with van der Waals surface area (Å²) >= 11 is 5.39. The first kappa shape index (κ1) is 18.8. The molecule has 0 atom stereocenters.